The van der Waals surface area contributed by atoms with Crippen molar-refractivity contribution in [3.63, 3.8) is 0 Å². The predicted molar refractivity (Wildman–Crippen MR) is 227 cm³/mol. The highest BCUT2D eigenvalue weighted by Gasteiger charge is 2.35. The molecule has 10 heterocycles. The summed E-state index contributed by atoms with van der Waals surface area (Å²) in [4.78, 5) is 28.2. The lowest BCUT2D eigenvalue weighted by Gasteiger charge is -2.29. The molecule has 16 heteroatoms. The second-order valence-electron chi connectivity index (χ2n) is 17.4. The zero-order valence-electron chi connectivity index (χ0n) is 34.6. The average Bonchev–Trinajstić information content (AvgIpc) is 4.11. The molecule has 0 unspecified atom stereocenters. The molecule has 2 saturated heterocycles. The van der Waals surface area contributed by atoms with E-state index in [2.05, 4.69) is 20.4 Å². The zero-order valence-corrected chi connectivity index (χ0v) is 34.6. The smallest absolute Gasteiger partial charge is 0.222 e. The van der Waals surface area contributed by atoms with E-state index in [1.807, 2.05) is 35.0 Å². The first-order valence-corrected chi connectivity index (χ1v) is 21.5. The van der Waals surface area contributed by atoms with Gasteiger partial charge in [-0.3, -0.25) is 18.4 Å². The van der Waals surface area contributed by atoms with Crippen molar-refractivity contribution in [3.05, 3.63) is 105 Å². The van der Waals surface area contributed by atoms with Gasteiger partial charge in [-0.2, -0.15) is 0 Å². The third-order valence-corrected chi connectivity index (χ3v) is 13.9. The Hall–Kier alpha value is -6.32. The standard InChI is InChI=1S/2C23H23FN4O3.CH4/c2*1-27-7-6-13(8-21(27)29)16-9-20-18(28-12-25-26-23(16)28)4-2-15-17(24)3-5-19-22(15)14(10-30-19)11-31-20;/h2*3,5,9,12-14H,2,4,6-8,10-11H2,1H3;1H4/t13-,14+;13-,14-;/m01./s1. The molecule has 2 aromatic carbocycles. The van der Waals surface area contributed by atoms with Gasteiger partial charge >= 0.3 is 0 Å². The SMILES string of the molecule is C.CN1CC[C@@H](c2cc3c(n4cnnc24)CCc2c(F)ccc4c2[C@H](CO4)CO3)CC1=O.CN1CC[C@H](c2cc3c(n4cnnc24)CCc2c(F)ccc4c2[C@H](CO4)CO3)CC1=O. The monoisotopic (exact) mass is 860 g/mol. The van der Waals surface area contributed by atoms with Crippen LogP contribution in [0.15, 0.2) is 49.1 Å². The number of carbonyl (C=O) groups excluding carboxylic acids is 2. The summed E-state index contributed by atoms with van der Waals surface area (Å²) in [5.41, 5.74) is 8.65. The maximum atomic E-state index is 14.7. The summed E-state index contributed by atoms with van der Waals surface area (Å²) in [6.45, 7) is 3.25. The van der Waals surface area contributed by atoms with E-state index in [-0.39, 0.29) is 54.5 Å². The minimum Gasteiger partial charge on any atom is -0.493 e. The maximum absolute atomic E-state index is 14.7. The van der Waals surface area contributed by atoms with E-state index in [1.54, 1.807) is 34.6 Å². The summed E-state index contributed by atoms with van der Waals surface area (Å²) in [6.07, 6.45) is 8.32. The number of ether oxygens (including phenoxy) is 4. The molecule has 0 bridgehead atoms. The van der Waals surface area contributed by atoms with E-state index in [1.165, 1.54) is 12.1 Å². The predicted octanol–water partition coefficient (Wildman–Crippen LogP) is 6.35. The van der Waals surface area contributed by atoms with Gasteiger partial charge in [-0.15, -0.1) is 20.4 Å². The number of carbonyl (C=O) groups is 2. The number of amides is 2. The Labute approximate surface area is 363 Å². The molecule has 12 rings (SSSR count). The largest absolute Gasteiger partial charge is 0.493 e. The number of fused-ring (bicyclic) bond motifs is 6. The van der Waals surface area contributed by atoms with E-state index in [9.17, 15) is 18.4 Å². The van der Waals surface area contributed by atoms with Gasteiger partial charge in [0.1, 0.15) is 47.3 Å². The third-order valence-electron chi connectivity index (χ3n) is 13.9. The van der Waals surface area contributed by atoms with Gasteiger partial charge in [-0.05, 0) is 97.9 Å². The Balaban J connectivity index is 0.000000147. The number of halogens is 2. The second kappa shape index (κ2) is 16.1. The Bertz CT molecular complexity index is 2600. The summed E-state index contributed by atoms with van der Waals surface area (Å²) in [5.74, 6) is 3.07. The number of benzene rings is 2. The number of hydrogen-bond donors (Lipinski definition) is 0. The minimum atomic E-state index is -0.195. The van der Waals surface area contributed by atoms with Crippen molar-refractivity contribution in [2.24, 2.45) is 0 Å². The van der Waals surface area contributed by atoms with Crippen LogP contribution >= 0.6 is 0 Å². The van der Waals surface area contributed by atoms with Crippen molar-refractivity contribution in [2.45, 2.75) is 82.5 Å². The van der Waals surface area contributed by atoms with Crippen LogP contribution in [-0.2, 0) is 35.3 Å². The van der Waals surface area contributed by atoms with Crippen LogP contribution in [0.1, 0.15) is 102 Å². The first kappa shape index (κ1) is 40.7. The molecule has 14 nitrogen and oxygen atoms in total. The molecule has 0 spiro atoms. The lowest BCUT2D eigenvalue weighted by Crippen LogP contribution is -2.35. The number of nitrogens with zero attached hydrogens (tertiary/aromatic N) is 8. The lowest BCUT2D eigenvalue weighted by atomic mass is 9.89. The third kappa shape index (κ3) is 6.97. The van der Waals surface area contributed by atoms with Crippen LogP contribution in [0.4, 0.5) is 8.78 Å². The van der Waals surface area contributed by atoms with Crippen molar-refractivity contribution in [1.82, 2.24) is 39.0 Å². The second-order valence-corrected chi connectivity index (χ2v) is 17.4. The topological polar surface area (TPSA) is 138 Å². The molecule has 6 aliphatic rings. The van der Waals surface area contributed by atoms with Crippen LogP contribution in [-0.4, -0.2) is 104 Å². The quantitative estimate of drug-likeness (QED) is 0.194. The Morgan fingerprint density at radius 3 is 1.40 bits per heavy atom. The molecular weight excluding hydrogens is 811 g/mol. The molecule has 0 radical (unpaired) electrons. The van der Waals surface area contributed by atoms with E-state index in [0.29, 0.717) is 76.1 Å². The van der Waals surface area contributed by atoms with Crippen molar-refractivity contribution in [2.75, 3.05) is 53.6 Å². The number of aromatic nitrogens is 6. The molecule has 4 aromatic heterocycles. The number of rotatable bonds is 2. The fraction of sp³-hybridized carbons (Fsp3) is 0.447. The van der Waals surface area contributed by atoms with Gasteiger partial charge in [-0.25, -0.2) is 8.78 Å². The summed E-state index contributed by atoms with van der Waals surface area (Å²) in [6, 6.07) is 10.5. The number of hydrogen-bond acceptors (Lipinski definition) is 10. The summed E-state index contributed by atoms with van der Waals surface area (Å²) < 4.78 is 57.6. The molecular formula is C47H50F2N8O6. The molecule has 2 amide bonds. The van der Waals surface area contributed by atoms with Gasteiger partial charge in [0.05, 0.1) is 49.7 Å². The van der Waals surface area contributed by atoms with E-state index in [0.717, 1.165) is 93.9 Å². The molecule has 63 heavy (non-hydrogen) atoms. The van der Waals surface area contributed by atoms with Crippen molar-refractivity contribution in [1.29, 1.82) is 0 Å². The summed E-state index contributed by atoms with van der Waals surface area (Å²) in [5, 5.41) is 17.0. The van der Waals surface area contributed by atoms with Crippen LogP contribution in [0.25, 0.3) is 11.3 Å². The molecule has 4 atom stereocenters. The zero-order chi connectivity index (χ0) is 42.2. The molecule has 0 aliphatic carbocycles. The Morgan fingerprint density at radius 2 is 0.984 bits per heavy atom. The fourth-order valence-electron chi connectivity index (χ4n) is 10.4. The highest BCUT2D eigenvalue weighted by Crippen LogP contribution is 2.44. The highest BCUT2D eigenvalue weighted by atomic mass is 19.1. The van der Waals surface area contributed by atoms with Crippen LogP contribution in [0.3, 0.4) is 0 Å². The average molecular weight is 861 g/mol. The van der Waals surface area contributed by atoms with Gasteiger partial charge in [0.2, 0.25) is 11.8 Å². The molecule has 6 aromatic rings. The van der Waals surface area contributed by atoms with Crippen LogP contribution in [0, 0.1) is 11.6 Å². The number of aryl methyl sites for hydroxylation is 2. The number of pyridine rings is 2. The highest BCUT2D eigenvalue weighted by molar-refractivity contribution is 5.79. The first-order valence-electron chi connectivity index (χ1n) is 21.5. The first-order chi connectivity index (χ1) is 30.2. The Kier molecular flexibility index (Phi) is 10.4. The molecule has 2 fully saturated rings. The molecule has 6 aliphatic heterocycles. The van der Waals surface area contributed by atoms with Crippen molar-refractivity contribution < 1.29 is 37.3 Å². The van der Waals surface area contributed by atoms with Gasteiger partial charge < -0.3 is 28.7 Å². The number of piperidine rings is 2. The van der Waals surface area contributed by atoms with Gasteiger partial charge in [0.25, 0.3) is 0 Å². The van der Waals surface area contributed by atoms with Gasteiger partial charge in [0, 0.05) is 62.3 Å². The van der Waals surface area contributed by atoms with E-state index >= 15 is 0 Å². The normalized spacial score (nSPS) is 22.4. The van der Waals surface area contributed by atoms with Gasteiger partial charge in [0.15, 0.2) is 11.3 Å². The Morgan fingerprint density at radius 1 is 0.571 bits per heavy atom. The summed E-state index contributed by atoms with van der Waals surface area (Å²) in [7, 11) is 3.68. The van der Waals surface area contributed by atoms with Crippen molar-refractivity contribution in [3.8, 4) is 23.0 Å². The van der Waals surface area contributed by atoms with Crippen molar-refractivity contribution >= 4 is 23.1 Å². The summed E-state index contributed by atoms with van der Waals surface area (Å²) >= 11 is 0. The minimum absolute atomic E-state index is 0. The van der Waals surface area contributed by atoms with Crippen LogP contribution < -0.4 is 18.9 Å². The van der Waals surface area contributed by atoms with E-state index < -0.39 is 0 Å². The lowest BCUT2D eigenvalue weighted by molar-refractivity contribution is -0.133. The fourth-order valence-corrected chi connectivity index (χ4v) is 10.4. The van der Waals surface area contributed by atoms with Crippen LogP contribution in [0.2, 0.25) is 0 Å². The molecule has 0 saturated carbocycles. The van der Waals surface area contributed by atoms with E-state index in [4.69, 9.17) is 18.9 Å². The molecule has 0 N–H and O–H groups in total. The maximum Gasteiger partial charge on any atom is 0.222 e. The van der Waals surface area contributed by atoms with Gasteiger partial charge in [-0.1, -0.05) is 7.43 Å². The number of likely N-dealkylation sites (tertiary alicyclic amines) is 2. The van der Waals surface area contributed by atoms with Crippen LogP contribution in [0.5, 0.6) is 23.0 Å². The molecule has 328 valence electrons.